The van der Waals surface area contributed by atoms with Gasteiger partial charge in [0.25, 0.3) is 5.91 Å². The maximum absolute atomic E-state index is 13.1. The fourth-order valence-electron chi connectivity index (χ4n) is 3.67. The Kier molecular flexibility index (Phi) is 4.58. The van der Waals surface area contributed by atoms with Crippen molar-refractivity contribution >= 4 is 40.7 Å². The van der Waals surface area contributed by atoms with Gasteiger partial charge in [0.1, 0.15) is 12.6 Å². The number of carbonyl (C=O) groups excluding carboxylic acids is 3. The lowest BCUT2D eigenvalue weighted by atomic mass is 10.1. The van der Waals surface area contributed by atoms with Crippen LogP contribution >= 0.6 is 11.6 Å². The summed E-state index contributed by atoms with van der Waals surface area (Å²) in [5.74, 6) is -0.749. The molecular formula is C20H18ClN3O3. The zero-order chi connectivity index (χ0) is 19.0. The molecule has 1 N–H and O–H groups in total. The van der Waals surface area contributed by atoms with Crippen molar-refractivity contribution in [1.29, 1.82) is 0 Å². The molecule has 138 valence electrons. The number of anilines is 2. The predicted molar refractivity (Wildman–Crippen MR) is 103 cm³/mol. The minimum atomic E-state index is -0.516. The summed E-state index contributed by atoms with van der Waals surface area (Å²) >= 11 is 6.09. The van der Waals surface area contributed by atoms with E-state index in [1.807, 2.05) is 0 Å². The van der Waals surface area contributed by atoms with Crippen LogP contribution in [0.2, 0.25) is 5.02 Å². The van der Waals surface area contributed by atoms with E-state index in [1.165, 1.54) is 4.90 Å². The number of fused-ring (bicyclic) bond motifs is 2. The number of hydrogen-bond acceptors (Lipinski definition) is 3. The first kappa shape index (κ1) is 17.5. The van der Waals surface area contributed by atoms with E-state index in [0.717, 1.165) is 6.42 Å². The number of para-hydroxylation sites is 2. The molecule has 0 aliphatic carbocycles. The third-order valence-electron chi connectivity index (χ3n) is 4.94. The Morgan fingerprint density at radius 2 is 1.85 bits per heavy atom. The van der Waals surface area contributed by atoms with E-state index in [2.05, 4.69) is 5.32 Å². The van der Waals surface area contributed by atoms with E-state index >= 15 is 0 Å². The average molecular weight is 384 g/mol. The first-order valence-electron chi connectivity index (χ1n) is 8.82. The molecule has 2 heterocycles. The zero-order valence-electron chi connectivity index (χ0n) is 14.5. The van der Waals surface area contributed by atoms with Gasteiger partial charge < -0.3 is 15.1 Å². The van der Waals surface area contributed by atoms with Crippen LogP contribution in [0.3, 0.4) is 0 Å². The summed E-state index contributed by atoms with van der Waals surface area (Å²) in [7, 11) is 0. The van der Waals surface area contributed by atoms with Crippen molar-refractivity contribution in [3.8, 4) is 0 Å². The number of nitrogens with zero attached hydrogens (tertiary/aromatic N) is 2. The molecule has 0 aromatic heterocycles. The first-order chi connectivity index (χ1) is 13.1. The third kappa shape index (κ3) is 3.17. The Morgan fingerprint density at radius 1 is 1.11 bits per heavy atom. The summed E-state index contributed by atoms with van der Waals surface area (Å²) in [6.45, 7) is 0.377. The number of nitrogens with one attached hydrogen (secondary N) is 1. The summed E-state index contributed by atoms with van der Waals surface area (Å²) in [5, 5.41) is 3.16. The number of benzene rings is 2. The fourth-order valence-corrected chi connectivity index (χ4v) is 3.85. The highest BCUT2D eigenvalue weighted by Gasteiger charge is 2.42. The van der Waals surface area contributed by atoms with Crippen molar-refractivity contribution in [1.82, 2.24) is 4.90 Å². The summed E-state index contributed by atoms with van der Waals surface area (Å²) < 4.78 is 0. The van der Waals surface area contributed by atoms with Crippen LogP contribution in [-0.2, 0) is 9.59 Å². The number of hydrogen-bond donors (Lipinski definition) is 1. The van der Waals surface area contributed by atoms with Gasteiger partial charge in [-0.2, -0.15) is 0 Å². The summed E-state index contributed by atoms with van der Waals surface area (Å²) in [4.78, 5) is 41.6. The van der Waals surface area contributed by atoms with Crippen molar-refractivity contribution in [2.45, 2.75) is 18.9 Å². The highest BCUT2D eigenvalue weighted by atomic mass is 35.5. The molecule has 0 bridgehead atoms. The molecule has 27 heavy (non-hydrogen) atoms. The Labute approximate surface area is 161 Å². The third-order valence-corrected chi connectivity index (χ3v) is 5.27. The topological polar surface area (TPSA) is 69.7 Å². The second-order valence-electron chi connectivity index (χ2n) is 6.63. The van der Waals surface area contributed by atoms with Crippen molar-refractivity contribution in [3.63, 3.8) is 0 Å². The van der Waals surface area contributed by atoms with E-state index in [-0.39, 0.29) is 24.3 Å². The van der Waals surface area contributed by atoms with Gasteiger partial charge in [-0.1, -0.05) is 35.9 Å². The molecule has 1 fully saturated rings. The monoisotopic (exact) mass is 383 g/mol. The average Bonchev–Trinajstić information content (AvgIpc) is 3.14. The molecule has 1 saturated heterocycles. The van der Waals surface area contributed by atoms with E-state index in [1.54, 1.807) is 53.4 Å². The molecule has 1 atom stereocenters. The van der Waals surface area contributed by atoms with E-state index in [0.29, 0.717) is 34.9 Å². The molecule has 6 nitrogen and oxygen atoms in total. The maximum atomic E-state index is 13.1. The lowest BCUT2D eigenvalue weighted by Gasteiger charge is -2.25. The second kappa shape index (κ2) is 7.04. The molecule has 2 aliphatic heterocycles. The maximum Gasteiger partial charge on any atom is 0.256 e. The van der Waals surface area contributed by atoms with Crippen LogP contribution in [0.5, 0.6) is 0 Å². The molecule has 2 aliphatic rings. The van der Waals surface area contributed by atoms with Crippen LogP contribution in [0.25, 0.3) is 0 Å². The molecule has 0 unspecified atom stereocenters. The smallest absolute Gasteiger partial charge is 0.256 e. The Hall–Kier alpha value is -2.86. The zero-order valence-corrected chi connectivity index (χ0v) is 15.3. The lowest BCUT2D eigenvalue weighted by molar-refractivity contribution is -0.124. The van der Waals surface area contributed by atoms with Crippen LogP contribution in [0.1, 0.15) is 23.2 Å². The van der Waals surface area contributed by atoms with E-state index in [9.17, 15) is 14.4 Å². The Morgan fingerprint density at radius 3 is 2.67 bits per heavy atom. The van der Waals surface area contributed by atoms with Gasteiger partial charge in [-0.15, -0.1) is 0 Å². The largest absolute Gasteiger partial charge is 0.327 e. The Balaban J connectivity index is 1.65. The molecular weight excluding hydrogens is 366 g/mol. The number of carbonyl (C=O) groups is 3. The van der Waals surface area contributed by atoms with Gasteiger partial charge in [0, 0.05) is 6.54 Å². The normalized spacial score (nSPS) is 18.8. The predicted octanol–water partition coefficient (Wildman–Crippen LogP) is 2.93. The van der Waals surface area contributed by atoms with Gasteiger partial charge in [-0.25, -0.2) is 0 Å². The second-order valence-corrected chi connectivity index (χ2v) is 7.03. The van der Waals surface area contributed by atoms with Gasteiger partial charge in [0.2, 0.25) is 11.8 Å². The summed E-state index contributed by atoms with van der Waals surface area (Å²) in [6, 6.07) is 13.3. The van der Waals surface area contributed by atoms with Crippen molar-refractivity contribution < 1.29 is 14.4 Å². The van der Waals surface area contributed by atoms with Gasteiger partial charge in [-0.3, -0.25) is 14.4 Å². The van der Waals surface area contributed by atoms with Crippen molar-refractivity contribution in [2.75, 3.05) is 23.3 Å². The molecule has 4 rings (SSSR count). The van der Waals surface area contributed by atoms with Crippen molar-refractivity contribution in [3.05, 3.63) is 59.1 Å². The van der Waals surface area contributed by atoms with E-state index in [4.69, 9.17) is 11.6 Å². The highest BCUT2D eigenvalue weighted by Crippen LogP contribution is 2.32. The number of halogens is 1. The quantitative estimate of drug-likeness (QED) is 0.885. The highest BCUT2D eigenvalue weighted by molar-refractivity contribution is 6.33. The molecule has 0 spiro atoms. The molecule has 0 radical (unpaired) electrons. The van der Waals surface area contributed by atoms with Gasteiger partial charge in [0.05, 0.1) is 22.0 Å². The molecule has 7 heteroatoms. The molecule has 2 aromatic carbocycles. The van der Waals surface area contributed by atoms with Crippen LogP contribution in [0.4, 0.5) is 11.4 Å². The molecule has 0 saturated carbocycles. The van der Waals surface area contributed by atoms with Gasteiger partial charge in [0.15, 0.2) is 0 Å². The van der Waals surface area contributed by atoms with Crippen molar-refractivity contribution in [2.24, 2.45) is 0 Å². The number of amides is 3. The van der Waals surface area contributed by atoms with Crippen LogP contribution in [0.15, 0.2) is 48.5 Å². The molecule has 2 aromatic rings. The summed E-state index contributed by atoms with van der Waals surface area (Å²) in [6.07, 6.45) is 1.39. The standard InChI is InChI=1S/C20H18ClN3O3/c21-14-7-2-3-8-15(14)22-18(25)12-24-16-9-4-1-6-13(16)19(26)23-11-5-10-17(23)20(24)27/h1-4,6-9,17H,5,10-12H2,(H,22,25)/t17-/m0/s1. The first-order valence-corrected chi connectivity index (χ1v) is 9.20. The van der Waals surface area contributed by atoms with Crippen LogP contribution < -0.4 is 10.2 Å². The summed E-state index contributed by atoms with van der Waals surface area (Å²) in [5.41, 5.74) is 1.40. The van der Waals surface area contributed by atoms with E-state index < -0.39 is 6.04 Å². The SMILES string of the molecule is O=C(CN1C(=O)[C@@H]2CCCN2C(=O)c2ccccc21)Nc1ccccc1Cl. The minimum absolute atomic E-state index is 0.157. The molecule has 3 amide bonds. The fraction of sp³-hybridized carbons (Fsp3) is 0.250. The Bertz CT molecular complexity index is 930. The van der Waals surface area contributed by atoms with Crippen LogP contribution in [-0.4, -0.2) is 41.8 Å². The van der Waals surface area contributed by atoms with Crippen LogP contribution in [0, 0.1) is 0 Å². The minimum Gasteiger partial charge on any atom is -0.327 e. The number of rotatable bonds is 3. The van der Waals surface area contributed by atoms with Gasteiger partial charge >= 0.3 is 0 Å². The lowest BCUT2D eigenvalue weighted by Crippen LogP contribution is -2.47. The van der Waals surface area contributed by atoms with Gasteiger partial charge in [-0.05, 0) is 37.1 Å².